The molecule has 0 N–H and O–H groups in total. The lowest BCUT2D eigenvalue weighted by molar-refractivity contribution is 0.0204. The highest BCUT2D eigenvalue weighted by Gasteiger charge is 2.36. The van der Waals surface area contributed by atoms with Crippen molar-refractivity contribution in [2.45, 2.75) is 78.1 Å². The first-order valence-corrected chi connectivity index (χ1v) is 15.0. The summed E-state index contributed by atoms with van der Waals surface area (Å²) in [6.07, 6.45) is 2.28. The van der Waals surface area contributed by atoms with Crippen molar-refractivity contribution in [1.29, 1.82) is 0 Å². The van der Waals surface area contributed by atoms with Gasteiger partial charge in [-0.15, -0.1) is 0 Å². The molecule has 4 heterocycles. The van der Waals surface area contributed by atoms with Crippen LogP contribution in [0.25, 0.3) is 0 Å². The van der Waals surface area contributed by atoms with E-state index in [1.807, 2.05) is 53.7 Å². The molecule has 11 heteroatoms. The Morgan fingerprint density at radius 3 is 2.21 bits per heavy atom. The summed E-state index contributed by atoms with van der Waals surface area (Å²) < 4.78 is 23.4. The molecule has 2 fully saturated rings. The Labute approximate surface area is 252 Å². The Morgan fingerprint density at radius 1 is 0.929 bits per heavy atom. The van der Waals surface area contributed by atoms with Crippen molar-refractivity contribution < 1.29 is 28.5 Å². The zero-order valence-corrected chi connectivity index (χ0v) is 26.1. The van der Waals surface area contributed by atoms with Crippen LogP contribution in [0.5, 0.6) is 5.75 Å². The van der Waals surface area contributed by atoms with Crippen LogP contribution in [0.3, 0.4) is 0 Å². The Bertz CT molecular complexity index is 1320. The van der Waals surface area contributed by atoms with E-state index in [4.69, 9.17) is 30.5 Å². The minimum absolute atomic E-state index is 0.0809. The largest absolute Gasteiger partial charge is 0.486 e. The van der Waals surface area contributed by atoms with Gasteiger partial charge in [-0.25, -0.2) is 19.5 Å². The van der Waals surface area contributed by atoms with Gasteiger partial charge in [0, 0.05) is 49.2 Å². The molecule has 0 radical (unpaired) electrons. The molecule has 0 saturated carbocycles. The highest BCUT2D eigenvalue weighted by molar-refractivity contribution is 6.31. The summed E-state index contributed by atoms with van der Waals surface area (Å²) >= 11 is 6.87. The highest BCUT2D eigenvalue weighted by Crippen LogP contribution is 2.46. The second-order valence-electron chi connectivity index (χ2n) is 12.9. The molecule has 0 unspecified atom stereocenters. The average molecular weight is 601 g/mol. The Hall–Kier alpha value is -3.24. The van der Waals surface area contributed by atoms with Gasteiger partial charge in [0.1, 0.15) is 23.6 Å². The molecular formula is C31H41ClN4O6. The maximum absolute atomic E-state index is 13.9. The lowest BCUT2D eigenvalue weighted by atomic mass is 9.89. The topological polar surface area (TPSA) is 93.7 Å². The van der Waals surface area contributed by atoms with Gasteiger partial charge in [-0.1, -0.05) is 11.6 Å². The lowest BCUT2D eigenvalue weighted by Gasteiger charge is -2.34. The van der Waals surface area contributed by atoms with Gasteiger partial charge < -0.3 is 28.7 Å². The summed E-state index contributed by atoms with van der Waals surface area (Å²) in [5.41, 5.74) is 1.89. The summed E-state index contributed by atoms with van der Waals surface area (Å²) in [7, 11) is 0. The molecule has 0 spiro atoms. The van der Waals surface area contributed by atoms with Gasteiger partial charge in [0.15, 0.2) is 5.82 Å². The quantitative estimate of drug-likeness (QED) is 0.378. The second-order valence-corrected chi connectivity index (χ2v) is 13.3. The number of halogens is 1. The summed E-state index contributed by atoms with van der Waals surface area (Å²) in [4.78, 5) is 36.7. The van der Waals surface area contributed by atoms with Gasteiger partial charge in [0.25, 0.3) is 0 Å². The zero-order chi connectivity index (χ0) is 30.2. The molecule has 0 atom stereocenters. The van der Waals surface area contributed by atoms with E-state index in [1.54, 1.807) is 17.2 Å². The molecular weight excluding hydrogens is 560 g/mol. The number of hydrogen-bond donors (Lipinski definition) is 0. The number of ether oxygens (including phenoxy) is 4. The van der Waals surface area contributed by atoms with Crippen molar-refractivity contribution in [1.82, 2.24) is 9.88 Å². The molecule has 5 rings (SSSR count). The number of piperidine rings is 1. The van der Waals surface area contributed by atoms with Crippen LogP contribution in [0.1, 0.15) is 71.4 Å². The van der Waals surface area contributed by atoms with Gasteiger partial charge in [0.2, 0.25) is 0 Å². The molecule has 0 aliphatic carbocycles. The van der Waals surface area contributed by atoms with Crippen LogP contribution in [-0.4, -0.2) is 72.7 Å². The third kappa shape index (κ3) is 6.70. The first-order chi connectivity index (χ1) is 19.8. The summed E-state index contributed by atoms with van der Waals surface area (Å²) in [5, 5.41) is 0.556. The molecule has 1 aromatic heterocycles. The Balaban J connectivity index is 1.50. The predicted molar refractivity (Wildman–Crippen MR) is 161 cm³/mol. The third-order valence-corrected chi connectivity index (χ3v) is 7.75. The monoisotopic (exact) mass is 600 g/mol. The molecule has 10 nitrogen and oxygen atoms in total. The van der Waals surface area contributed by atoms with Crippen molar-refractivity contribution in [2.24, 2.45) is 0 Å². The first-order valence-electron chi connectivity index (χ1n) is 14.6. The fourth-order valence-corrected chi connectivity index (χ4v) is 5.83. The van der Waals surface area contributed by atoms with Crippen LogP contribution in [0.4, 0.5) is 26.8 Å². The van der Waals surface area contributed by atoms with Crippen LogP contribution in [-0.2, 0) is 20.8 Å². The van der Waals surface area contributed by atoms with Gasteiger partial charge >= 0.3 is 12.2 Å². The number of anilines is 3. The first kappa shape index (κ1) is 30.2. The fourth-order valence-electron chi connectivity index (χ4n) is 5.52. The van der Waals surface area contributed by atoms with E-state index in [0.717, 1.165) is 29.9 Å². The maximum atomic E-state index is 13.9. The number of carbonyl (C=O) groups excluding carboxylic acids is 2. The summed E-state index contributed by atoms with van der Waals surface area (Å²) in [6, 6.07) is 5.66. The van der Waals surface area contributed by atoms with Crippen LogP contribution < -0.4 is 14.5 Å². The number of pyridine rings is 1. The fraction of sp³-hybridized carbons (Fsp3) is 0.581. The van der Waals surface area contributed by atoms with Gasteiger partial charge in [0.05, 0.1) is 24.5 Å². The van der Waals surface area contributed by atoms with E-state index in [-0.39, 0.29) is 18.6 Å². The maximum Gasteiger partial charge on any atom is 0.420 e. The number of hydrogen-bond acceptors (Lipinski definition) is 8. The number of amides is 2. The minimum Gasteiger partial charge on any atom is -0.486 e. The van der Waals surface area contributed by atoms with E-state index in [2.05, 4.69) is 9.88 Å². The number of morpholine rings is 1. The number of carbonyl (C=O) groups is 2. The standard InChI is InChI=1S/C31H41ClN4O6/c1-30(2,3)41-28(37)35-11-8-20(9-12-35)21-17-25-26(18-23(21)32)40-19-22-24(34-13-15-39-16-14-34)7-10-33-27(22)36(25)29(38)42-31(4,5)6/h7,10,17-18,20H,8-9,11-16,19H2,1-6H3. The smallest absolute Gasteiger partial charge is 0.420 e. The number of nitrogens with zero attached hydrogens (tertiary/aromatic N) is 4. The molecule has 228 valence electrons. The van der Waals surface area contributed by atoms with Gasteiger partial charge in [-0.2, -0.15) is 0 Å². The zero-order valence-electron chi connectivity index (χ0n) is 25.4. The number of benzene rings is 1. The van der Waals surface area contributed by atoms with Crippen molar-refractivity contribution >= 4 is 41.0 Å². The molecule has 2 amide bonds. The molecule has 42 heavy (non-hydrogen) atoms. The van der Waals surface area contributed by atoms with Crippen molar-refractivity contribution in [3.8, 4) is 5.75 Å². The van der Waals surface area contributed by atoms with E-state index in [0.29, 0.717) is 61.4 Å². The molecule has 2 saturated heterocycles. The number of rotatable bonds is 2. The summed E-state index contributed by atoms with van der Waals surface area (Å²) in [6.45, 7) is 15.1. The lowest BCUT2D eigenvalue weighted by Crippen LogP contribution is -2.41. The van der Waals surface area contributed by atoms with E-state index >= 15 is 0 Å². The highest BCUT2D eigenvalue weighted by atomic mass is 35.5. The Morgan fingerprint density at radius 2 is 1.57 bits per heavy atom. The van der Waals surface area contributed by atoms with Crippen LogP contribution >= 0.6 is 11.6 Å². The van der Waals surface area contributed by atoms with Gasteiger partial charge in [-0.3, -0.25) is 0 Å². The predicted octanol–water partition coefficient (Wildman–Crippen LogP) is 6.65. The van der Waals surface area contributed by atoms with Crippen LogP contribution in [0.2, 0.25) is 5.02 Å². The molecule has 3 aliphatic rings. The van der Waals surface area contributed by atoms with E-state index in [9.17, 15) is 9.59 Å². The number of likely N-dealkylation sites (tertiary alicyclic amines) is 1. The van der Waals surface area contributed by atoms with Crippen LogP contribution in [0.15, 0.2) is 24.4 Å². The van der Waals surface area contributed by atoms with Crippen molar-refractivity contribution in [3.05, 3.63) is 40.5 Å². The third-order valence-electron chi connectivity index (χ3n) is 7.43. The second kappa shape index (κ2) is 11.8. The number of aromatic nitrogens is 1. The molecule has 2 aromatic rings. The SMILES string of the molecule is CC(C)(C)OC(=O)N1CCC(c2cc3c(cc2Cl)OCc2c(N4CCOCC4)ccnc2N3C(=O)OC(C)(C)C)CC1. The molecule has 0 bridgehead atoms. The van der Waals surface area contributed by atoms with E-state index in [1.165, 1.54) is 4.90 Å². The molecule has 3 aliphatic heterocycles. The van der Waals surface area contributed by atoms with Crippen molar-refractivity contribution in [3.63, 3.8) is 0 Å². The van der Waals surface area contributed by atoms with Crippen LogP contribution in [0, 0.1) is 0 Å². The molecule has 1 aromatic carbocycles. The van der Waals surface area contributed by atoms with Crippen molar-refractivity contribution in [2.75, 3.05) is 49.2 Å². The minimum atomic E-state index is -0.726. The number of fused-ring (bicyclic) bond motifs is 2. The normalized spacial score (nSPS) is 18.0. The average Bonchev–Trinajstić information content (AvgIpc) is 3.08. The van der Waals surface area contributed by atoms with E-state index < -0.39 is 17.3 Å². The van der Waals surface area contributed by atoms with Gasteiger partial charge in [-0.05, 0) is 78.0 Å². The Kier molecular flexibility index (Phi) is 8.49. The summed E-state index contributed by atoms with van der Waals surface area (Å²) in [5.74, 6) is 1.03.